The normalized spacial score (nSPS) is 20.4. The standard InChI is InChI=1S/C17H25N5O.C13H23N.C6H11NO/c1-3-22-15(9-10-19-22)17(23)21-16(13-7-5-4-6-8-13)14-11-18-12(2)20-14;1-4-10(2)13(11(3)14)12-8-6-5-7-9-12;1-5-2-3-6(8)7-4-5/h9-11,13,16H,3-8H2,1-2H3,(H,18,20)(H,21,23);12,14H,4-9H2,1-3H3;5H,2-4H2,1H3,(H,7,8). The molecule has 2 saturated carbocycles. The molecule has 5 rings (SSSR count). The van der Waals surface area contributed by atoms with Crippen LogP contribution < -0.4 is 10.6 Å². The van der Waals surface area contributed by atoms with Crippen LogP contribution in [-0.4, -0.2) is 43.8 Å². The van der Waals surface area contributed by atoms with Crippen LogP contribution in [0.5, 0.6) is 0 Å². The summed E-state index contributed by atoms with van der Waals surface area (Å²) < 4.78 is 1.73. The summed E-state index contributed by atoms with van der Waals surface area (Å²) in [4.78, 5) is 30.8. The van der Waals surface area contributed by atoms with Crippen LogP contribution in [0.15, 0.2) is 29.6 Å². The Morgan fingerprint density at radius 3 is 2.24 bits per heavy atom. The molecule has 2 unspecified atom stereocenters. The minimum atomic E-state index is -0.0628. The Kier molecular flexibility index (Phi) is 15.0. The molecule has 1 aliphatic heterocycles. The van der Waals surface area contributed by atoms with Gasteiger partial charge >= 0.3 is 0 Å². The van der Waals surface area contributed by atoms with Crippen molar-refractivity contribution in [2.24, 2.45) is 17.8 Å². The number of H-pyrrole nitrogens is 1. The molecule has 2 aliphatic carbocycles. The number of carbonyl (C=O) groups excluding carboxylic acids is 2. The molecule has 2 aromatic heterocycles. The van der Waals surface area contributed by atoms with Crippen LogP contribution >= 0.6 is 0 Å². The lowest BCUT2D eigenvalue weighted by atomic mass is 9.80. The van der Waals surface area contributed by atoms with Gasteiger partial charge in [0.2, 0.25) is 5.91 Å². The zero-order chi connectivity index (χ0) is 32.8. The van der Waals surface area contributed by atoms with Gasteiger partial charge in [-0.1, -0.05) is 57.9 Å². The maximum absolute atomic E-state index is 12.7. The Morgan fingerprint density at radius 2 is 1.73 bits per heavy atom. The van der Waals surface area contributed by atoms with Gasteiger partial charge in [-0.15, -0.1) is 0 Å². The number of imidazole rings is 1. The molecular formula is C36H59N7O2. The zero-order valence-electron chi connectivity index (χ0n) is 28.8. The Hall–Kier alpha value is -3.23. The fraction of sp³-hybridized carbons (Fsp3) is 0.694. The van der Waals surface area contributed by atoms with E-state index in [0.29, 0.717) is 30.0 Å². The van der Waals surface area contributed by atoms with E-state index in [9.17, 15) is 9.59 Å². The predicted molar refractivity (Wildman–Crippen MR) is 182 cm³/mol. The number of nitrogens with zero attached hydrogens (tertiary/aromatic N) is 3. The van der Waals surface area contributed by atoms with Crippen molar-refractivity contribution in [3.63, 3.8) is 0 Å². The van der Waals surface area contributed by atoms with Crippen molar-refractivity contribution in [2.75, 3.05) is 6.54 Å². The molecular weight excluding hydrogens is 562 g/mol. The topological polar surface area (TPSA) is 129 Å². The molecule has 9 heteroatoms. The van der Waals surface area contributed by atoms with Crippen LogP contribution in [0.3, 0.4) is 0 Å². The molecule has 2 amide bonds. The third-order valence-corrected chi connectivity index (χ3v) is 9.63. The minimum absolute atomic E-state index is 0.00999. The van der Waals surface area contributed by atoms with Crippen molar-refractivity contribution >= 4 is 17.5 Å². The van der Waals surface area contributed by atoms with E-state index in [4.69, 9.17) is 5.41 Å². The number of rotatable bonds is 8. The van der Waals surface area contributed by atoms with Crippen LogP contribution in [0.1, 0.15) is 146 Å². The first-order valence-electron chi connectivity index (χ1n) is 17.5. The summed E-state index contributed by atoms with van der Waals surface area (Å²) in [6.45, 7) is 14.0. The number of aryl methyl sites for hydroxylation is 2. The first kappa shape index (κ1) is 36.2. The quantitative estimate of drug-likeness (QED) is 0.224. The van der Waals surface area contributed by atoms with E-state index < -0.39 is 0 Å². The fourth-order valence-corrected chi connectivity index (χ4v) is 6.92. The van der Waals surface area contributed by atoms with E-state index in [0.717, 1.165) is 55.9 Å². The molecule has 0 bridgehead atoms. The van der Waals surface area contributed by atoms with E-state index >= 15 is 0 Å². The molecule has 9 nitrogen and oxygen atoms in total. The fourth-order valence-electron chi connectivity index (χ4n) is 6.92. The number of nitrogens with one attached hydrogen (secondary N) is 4. The number of hydrogen-bond acceptors (Lipinski definition) is 5. The van der Waals surface area contributed by atoms with Gasteiger partial charge in [0.25, 0.3) is 5.91 Å². The second kappa shape index (κ2) is 18.7. The molecule has 4 N–H and O–H groups in total. The van der Waals surface area contributed by atoms with E-state index in [1.807, 2.05) is 27.0 Å². The Balaban J connectivity index is 0.000000212. The Morgan fingerprint density at radius 1 is 1.07 bits per heavy atom. The zero-order valence-corrected chi connectivity index (χ0v) is 28.8. The van der Waals surface area contributed by atoms with Gasteiger partial charge in [0.15, 0.2) is 0 Å². The first-order valence-corrected chi connectivity index (χ1v) is 17.5. The van der Waals surface area contributed by atoms with E-state index in [1.165, 1.54) is 62.5 Å². The highest BCUT2D eigenvalue weighted by atomic mass is 16.2. The maximum atomic E-state index is 12.7. The largest absolute Gasteiger partial charge is 0.356 e. The first-order chi connectivity index (χ1) is 21.6. The van der Waals surface area contributed by atoms with Gasteiger partial charge in [-0.3, -0.25) is 14.3 Å². The van der Waals surface area contributed by atoms with Gasteiger partial charge in [-0.05, 0) is 95.6 Å². The Labute approximate surface area is 271 Å². The van der Waals surface area contributed by atoms with E-state index in [1.54, 1.807) is 16.9 Å². The van der Waals surface area contributed by atoms with Crippen molar-refractivity contribution in [2.45, 2.75) is 138 Å². The molecule has 250 valence electrons. The van der Waals surface area contributed by atoms with Gasteiger partial charge in [0.1, 0.15) is 11.5 Å². The summed E-state index contributed by atoms with van der Waals surface area (Å²) in [6.07, 6.45) is 19.2. The summed E-state index contributed by atoms with van der Waals surface area (Å²) in [6, 6.07) is 1.76. The number of aromatic nitrogens is 4. The van der Waals surface area contributed by atoms with Crippen LogP contribution in [0.2, 0.25) is 0 Å². The molecule has 0 radical (unpaired) electrons. The van der Waals surface area contributed by atoms with E-state index in [-0.39, 0.29) is 17.9 Å². The number of amides is 2. The molecule has 2 atom stereocenters. The second-order valence-electron chi connectivity index (χ2n) is 13.3. The van der Waals surface area contributed by atoms with Crippen molar-refractivity contribution in [3.8, 4) is 0 Å². The molecule has 3 aliphatic rings. The molecule has 3 fully saturated rings. The van der Waals surface area contributed by atoms with Crippen LogP contribution in [0.4, 0.5) is 0 Å². The summed E-state index contributed by atoms with van der Waals surface area (Å²) in [5.41, 5.74) is 5.22. The number of carbonyl (C=O) groups is 2. The van der Waals surface area contributed by atoms with Crippen molar-refractivity contribution < 1.29 is 9.59 Å². The monoisotopic (exact) mass is 621 g/mol. The average Bonchev–Trinajstić information content (AvgIpc) is 3.72. The third kappa shape index (κ3) is 11.3. The van der Waals surface area contributed by atoms with Gasteiger partial charge in [0.05, 0.1) is 17.9 Å². The molecule has 3 heterocycles. The van der Waals surface area contributed by atoms with Gasteiger partial charge in [-0.2, -0.15) is 5.10 Å². The van der Waals surface area contributed by atoms with Crippen LogP contribution in [0, 0.1) is 30.1 Å². The van der Waals surface area contributed by atoms with Gasteiger partial charge in [-0.25, -0.2) is 4.98 Å². The molecule has 45 heavy (non-hydrogen) atoms. The lowest BCUT2D eigenvalue weighted by Gasteiger charge is -2.30. The number of hydrogen-bond donors (Lipinski definition) is 4. The van der Waals surface area contributed by atoms with Gasteiger partial charge in [0, 0.05) is 31.4 Å². The Bertz CT molecular complexity index is 1240. The lowest BCUT2D eigenvalue weighted by Crippen LogP contribution is -2.35. The number of allylic oxidation sites excluding steroid dienone is 2. The third-order valence-electron chi connectivity index (χ3n) is 9.63. The summed E-state index contributed by atoms with van der Waals surface area (Å²) in [5, 5.41) is 18.1. The number of aromatic amines is 1. The summed E-state index contributed by atoms with van der Waals surface area (Å²) in [7, 11) is 0. The average molecular weight is 622 g/mol. The van der Waals surface area contributed by atoms with Crippen LogP contribution in [0.25, 0.3) is 0 Å². The van der Waals surface area contributed by atoms with Crippen molar-refractivity contribution in [1.82, 2.24) is 30.4 Å². The van der Waals surface area contributed by atoms with Crippen molar-refractivity contribution in [1.29, 1.82) is 5.41 Å². The molecule has 2 aromatic rings. The van der Waals surface area contributed by atoms with Crippen molar-refractivity contribution in [3.05, 3.63) is 46.8 Å². The second-order valence-corrected chi connectivity index (χ2v) is 13.3. The SMILES string of the molecule is CC1CCC(=O)NC1.CCC(C)=C(C(C)=N)C1CCCCC1.CCn1nccc1C(=O)NC(c1cnc(C)[nH]1)C1CCCCC1. The highest BCUT2D eigenvalue weighted by Crippen LogP contribution is 2.34. The predicted octanol–water partition coefficient (Wildman–Crippen LogP) is 7.85. The lowest BCUT2D eigenvalue weighted by molar-refractivity contribution is -0.122. The van der Waals surface area contributed by atoms with Gasteiger partial charge < -0.3 is 21.0 Å². The number of piperidine rings is 1. The minimum Gasteiger partial charge on any atom is -0.356 e. The highest BCUT2D eigenvalue weighted by molar-refractivity contribution is 5.96. The smallest absolute Gasteiger partial charge is 0.270 e. The summed E-state index contributed by atoms with van der Waals surface area (Å²) >= 11 is 0. The molecule has 0 aromatic carbocycles. The molecule has 0 spiro atoms. The van der Waals surface area contributed by atoms with Crippen LogP contribution in [-0.2, 0) is 11.3 Å². The maximum Gasteiger partial charge on any atom is 0.270 e. The highest BCUT2D eigenvalue weighted by Gasteiger charge is 2.29. The van der Waals surface area contributed by atoms with E-state index in [2.05, 4.69) is 46.5 Å². The molecule has 1 saturated heterocycles. The summed E-state index contributed by atoms with van der Waals surface area (Å²) in [5.74, 6) is 2.88.